The number of amides is 4. The quantitative estimate of drug-likeness (QED) is 0.385. The predicted octanol–water partition coefficient (Wildman–Crippen LogP) is 5.25. The highest BCUT2D eigenvalue weighted by atomic mass is 16.5. The van der Waals surface area contributed by atoms with Crippen molar-refractivity contribution in [2.45, 2.75) is 65.2 Å². The lowest BCUT2D eigenvalue weighted by Crippen LogP contribution is -2.38. The molecule has 10 heteroatoms. The molecule has 2 aliphatic carbocycles. The summed E-state index contributed by atoms with van der Waals surface area (Å²) in [5, 5.41) is 14.8. The van der Waals surface area contributed by atoms with Gasteiger partial charge >= 0.3 is 12.1 Å². The lowest BCUT2D eigenvalue weighted by Gasteiger charge is -2.29. The molecule has 2 heterocycles. The van der Waals surface area contributed by atoms with Crippen LogP contribution in [-0.2, 0) is 15.6 Å². The lowest BCUT2D eigenvalue weighted by molar-refractivity contribution is -0.109. The van der Waals surface area contributed by atoms with E-state index in [2.05, 4.69) is 16.7 Å². The van der Waals surface area contributed by atoms with E-state index >= 15 is 0 Å². The van der Waals surface area contributed by atoms with E-state index in [0.717, 1.165) is 66.0 Å². The number of nitrogens with zero attached hydrogens (tertiary/aromatic N) is 2. The molecule has 3 N–H and O–H groups in total. The zero-order valence-electron chi connectivity index (χ0n) is 24.9. The van der Waals surface area contributed by atoms with Crippen molar-refractivity contribution in [3.63, 3.8) is 0 Å². The third-order valence-electron chi connectivity index (χ3n) is 9.53. The summed E-state index contributed by atoms with van der Waals surface area (Å²) >= 11 is 0. The highest BCUT2D eigenvalue weighted by Gasteiger charge is 2.58. The summed E-state index contributed by atoms with van der Waals surface area (Å²) in [5.74, 6) is 2.16. The minimum Gasteiger partial charge on any atom is -0.493 e. The normalized spacial score (nSPS) is 24.7. The third-order valence-corrected chi connectivity index (χ3v) is 9.53. The maximum absolute atomic E-state index is 12.0. The first-order valence-corrected chi connectivity index (χ1v) is 14.9. The molecule has 2 saturated carbocycles. The fraction of sp³-hybridized carbons (Fsp3) is 0.559. The Balaban J connectivity index is 0.000000230. The van der Waals surface area contributed by atoms with Gasteiger partial charge in [0.25, 0.3) is 0 Å². The minimum atomic E-state index is -0.133. The highest BCUT2D eigenvalue weighted by Crippen LogP contribution is 2.61. The van der Waals surface area contributed by atoms with Crippen LogP contribution in [0.1, 0.15) is 65.5 Å². The Morgan fingerprint density at radius 1 is 0.864 bits per heavy atom. The second kappa shape index (κ2) is 13.9. The first kappa shape index (κ1) is 34.7. The van der Waals surface area contributed by atoms with Gasteiger partial charge in [0.15, 0.2) is 0 Å². The van der Waals surface area contributed by atoms with Crippen LogP contribution in [0.15, 0.2) is 36.4 Å². The smallest absolute Gasteiger partial charge is 0.321 e. The number of carbonyl (C=O) groups excluding carboxylic acids is 3. The van der Waals surface area contributed by atoms with E-state index in [9.17, 15) is 19.5 Å². The zero-order valence-corrected chi connectivity index (χ0v) is 24.9. The van der Waals surface area contributed by atoms with Crippen LogP contribution in [0, 0.1) is 11.8 Å². The molecule has 2 spiro atoms. The van der Waals surface area contributed by atoms with E-state index in [4.69, 9.17) is 9.47 Å². The number of carbonyl (C=O) groups is 3. The summed E-state index contributed by atoms with van der Waals surface area (Å²) in [6, 6.07) is 11.5. The molecule has 10 nitrogen and oxygen atoms in total. The average molecular weight is 611 g/mol. The van der Waals surface area contributed by atoms with Gasteiger partial charge in [0.1, 0.15) is 17.8 Å². The van der Waals surface area contributed by atoms with Crippen molar-refractivity contribution in [2.75, 3.05) is 56.8 Å². The second-order valence-corrected chi connectivity index (χ2v) is 11.5. The van der Waals surface area contributed by atoms with E-state index < -0.39 is 0 Å². The van der Waals surface area contributed by atoms with Crippen molar-refractivity contribution in [2.24, 2.45) is 11.8 Å². The summed E-state index contributed by atoms with van der Waals surface area (Å²) in [6.07, 6.45) is 4.77. The van der Waals surface area contributed by atoms with Gasteiger partial charge in [-0.05, 0) is 81.8 Å². The number of nitrogens with one attached hydrogen (secondary N) is 2. The van der Waals surface area contributed by atoms with Crippen LogP contribution < -0.4 is 29.9 Å². The monoisotopic (exact) mass is 610 g/mol. The molecule has 4 aliphatic rings. The van der Waals surface area contributed by atoms with Gasteiger partial charge in [-0.15, -0.1) is 0 Å². The summed E-state index contributed by atoms with van der Waals surface area (Å²) in [5.41, 5.74) is 3.94. The summed E-state index contributed by atoms with van der Waals surface area (Å²) in [7, 11) is 3.26. The van der Waals surface area contributed by atoms with Crippen LogP contribution in [0.4, 0.5) is 21.0 Å². The molecule has 2 aromatic carbocycles. The zero-order chi connectivity index (χ0) is 30.1. The summed E-state index contributed by atoms with van der Waals surface area (Å²) in [6.45, 7) is 6.66. The molecule has 4 unspecified atom stereocenters. The molecule has 242 valence electrons. The van der Waals surface area contributed by atoms with Crippen molar-refractivity contribution in [3.8, 4) is 11.5 Å². The first-order valence-electron chi connectivity index (χ1n) is 14.9. The van der Waals surface area contributed by atoms with Crippen molar-refractivity contribution < 1.29 is 29.0 Å². The molecule has 2 aliphatic heterocycles. The van der Waals surface area contributed by atoms with Gasteiger partial charge < -0.3 is 30.0 Å². The molecule has 2 aromatic rings. The number of benzene rings is 2. The number of aldehydes is 1. The SMILES string of the molecule is C.C.CCN(C(=O)NC)c1ccc2c(c1)C1(CCO2)CC1C=O.CCN(C(=O)NC)c1ccc2c(c1)C1(CCO2)CC1CO. The van der Waals surface area contributed by atoms with E-state index in [1.807, 2.05) is 44.2 Å². The van der Waals surface area contributed by atoms with Crippen molar-refractivity contribution in [1.82, 2.24) is 10.6 Å². The Kier molecular flexibility index (Phi) is 10.9. The van der Waals surface area contributed by atoms with Gasteiger partial charge in [-0.3, -0.25) is 9.80 Å². The third kappa shape index (κ3) is 5.96. The van der Waals surface area contributed by atoms with Gasteiger partial charge in [0.2, 0.25) is 0 Å². The topological polar surface area (TPSA) is 120 Å². The van der Waals surface area contributed by atoms with Crippen LogP contribution in [0.5, 0.6) is 11.5 Å². The van der Waals surface area contributed by atoms with Gasteiger partial charge in [0, 0.05) is 73.0 Å². The molecule has 0 bridgehead atoms. The number of urea groups is 2. The second-order valence-electron chi connectivity index (χ2n) is 11.5. The first-order chi connectivity index (χ1) is 20.3. The number of anilines is 2. The van der Waals surface area contributed by atoms with Gasteiger partial charge in [-0.1, -0.05) is 14.9 Å². The fourth-order valence-electron chi connectivity index (χ4n) is 6.88. The van der Waals surface area contributed by atoms with Crippen molar-refractivity contribution in [3.05, 3.63) is 47.5 Å². The molecule has 44 heavy (non-hydrogen) atoms. The van der Waals surface area contributed by atoms with E-state index in [0.29, 0.717) is 32.2 Å². The van der Waals surface area contributed by atoms with Crippen molar-refractivity contribution >= 4 is 29.7 Å². The molecule has 4 amide bonds. The molecule has 0 saturated heterocycles. The average Bonchev–Trinajstić information content (AvgIpc) is 3.93. The van der Waals surface area contributed by atoms with Crippen LogP contribution in [0.3, 0.4) is 0 Å². The molecule has 0 radical (unpaired) electrons. The number of fused-ring (bicyclic) bond motifs is 4. The number of rotatable bonds is 6. The standard InChI is InChI=1S/C16H22N2O3.C16H20N2O3.2CH4/c2*1-3-18(15(20)17-2)12-4-5-14-13(8-12)16(6-7-21-14)9-11(16)10-19;;/h4-5,8,11,19H,3,6-7,9-10H2,1-2H3,(H,17,20);4-5,8,10-11H,3,6-7,9H2,1-2H3,(H,17,20);2*1H4. The molecular formula is C34H50N4O6. The number of ether oxygens (including phenoxy) is 2. The van der Waals surface area contributed by atoms with Crippen LogP contribution in [0.2, 0.25) is 0 Å². The van der Waals surface area contributed by atoms with Crippen LogP contribution in [0.25, 0.3) is 0 Å². The summed E-state index contributed by atoms with van der Waals surface area (Å²) in [4.78, 5) is 38.4. The minimum absolute atomic E-state index is 0. The molecule has 0 aromatic heterocycles. The van der Waals surface area contributed by atoms with Gasteiger partial charge in [-0.25, -0.2) is 9.59 Å². The van der Waals surface area contributed by atoms with Gasteiger partial charge in [-0.2, -0.15) is 0 Å². The number of aliphatic hydroxyl groups excluding tert-OH is 1. The fourth-order valence-corrected chi connectivity index (χ4v) is 6.88. The Labute approximate surface area is 262 Å². The van der Waals surface area contributed by atoms with Crippen LogP contribution >= 0.6 is 0 Å². The molecular weight excluding hydrogens is 560 g/mol. The predicted molar refractivity (Wildman–Crippen MR) is 174 cm³/mol. The van der Waals surface area contributed by atoms with E-state index in [1.54, 1.807) is 23.9 Å². The maximum Gasteiger partial charge on any atom is 0.321 e. The Morgan fingerprint density at radius 3 is 1.73 bits per heavy atom. The van der Waals surface area contributed by atoms with E-state index in [-0.39, 0.29) is 50.3 Å². The Hall–Kier alpha value is -3.79. The Bertz CT molecular complexity index is 1350. The van der Waals surface area contributed by atoms with Crippen LogP contribution in [-0.4, -0.2) is 70.5 Å². The molecule has 6 rings (SSSR count). The lowest BCUT2D eigenvalue weighted by atomic mass is 9.87. The Morgan fingerprint density at radius 2 is 1.34 bits per heavy atom. The van der Waals surface area contributed by atoms with E-state index in [1.165, 1.54) is 0 Å². The summed E-state index contributed by atoms with van der Waals surface area (Å²) < 4.78 is 11.5. The molecule has 4 atom stereocenters. The highest BCUT2D eigenvalue weighted by molar-refractivity contribution is 5.92. The largest absolute Gasteiger partial charge is 0.493 e. The number of hydrogen-bond acceptors (Lipinski definition) is 6. The van der Waals surface area contributed by atoms with Crippen molar-refractivity contribution in [1.29, 1.82) is 0 Å². The molecule has 2 fully saturated rings. The number of aliphatic hydroxyl groups is 1. The maximum atomic E-state index is 12.0. The van der Waals surface area contributed by atoms with Gasteiger partial charge in [0.05, 0.1) is 13.2 Å². The number of hydrogen-bond donors (Lipinski definition) is 3.